The second-order valence-electron chi connectivity index (χ2n) is 5.32. The number of carbonyl (C=O) groups is 2. The number of aromatic carboxylic acids is 1. The number of benzene rings is 1. The maximum absolute atomic E-state index is 12.7. The van der Waals surface area contributed by atoms with E-state index in [0.717, 1.165) is 11.3 Å². The van der Waals surface area contributed by atoms with Crippen molar-refractivity contribution in [2.75, 3.05) is 29.9 Å². The van der Waals surface area contributed by atoms with Crippen molar-refractivity contribution in [3.05, 3.63) is 47.4 Å². The number of carbonyl (C=O) groups excluding carboxylic acids is 1. The van der Waals surface area contributed by atoms with Gasteiger partial charge in [0.05, 0.1) is 23.2 Å². The Morgan fingerprint density at radius 2 is 1.95 bits per heavy atom. The number of nitrogens with zero attached hydrogens (tertiary/aromatic N) is 2. The Morgan fingerprint density at radius 3 is 2.59 bits per heavy atom. The third kappa shape index (κ3) is 2.22. The molecule has 1 aromatic carbocycles. The van der Waals surface area contributed by atoms with Gasteiger partial charge < -0.3 is 19.3 Å². The number of rotatable bonds is 2. The highest BCUT2D eigenvalue weighted by molar-refractivity contribution is 6.08. The van der Waals surface area contributed by atoms with E-state index in [2.05, 4.69) is 0 Å². The quantitative estimate of drug-likeness (QED) is 0.921. The van der Waals surface area contributed by atoms with Crippen LogP contribution < -0.4 is 9.80 Å². The van der Waals surface area contributed by atoms with Gasteiger partial charge in [-0.05, 0) is 31.2 Å². The zero-order valence-electron chi connectivity index (χ0n) is 12.4. The third-order valence-electron chi connectivity index (χ3n) is 3.88. The highest BCUT2D eigenvalue weighted by Gasteiger charge is 2.29. The number of aryl methyl sites for hydroxylation is 1. The smallest absolute Gasteiger partial charge is 0.335 e. The van der Waals surface area contributed by atoms with Gasteiger partial charge in [0.15, 0.2) is 5.76 Å². The highest BCUT2D eigenvalue weighted by Crippen LogP contribution is 2.34. The molecule has 2 aromatic rings. The van der Waals surface area contributed by atoms with Crippen molar-refractivity contribution in [1.29, 1.82) is 0 Å². The molecule has 6 nitrogen and oxygen atoms in total. The van der Waals surface area contributed by atoms with Gasteiger partial charge in [0, 0.05) is 25.7 Å². The van der Waals surface area contributed by atoms with Crippen LogP contribution in [-0.4, -0.2) is 37.1 Å². The van der Waals surface area contributed by atoms with Gasteiger partial charge in [-0.2, -0.15) is 0 Å². The molecule has 3 rings (SSSR count). The molecular formula is C16H16N2O4. The van der Waals surface area contributed by atoms with E-state index in [4.69, 9.17) is 9.52 Å². The molecule has 0 unspecified atom stereocenters. The van der Waals surface area contributed by atoms with E-state index in [1.54, 1.807) is 30.0 Å². The van der Waals surface area contributed by atoms with Crippen molar-refractivity contribution in [2.45, 2.75) is 6.92 Å². The molecule has 22 heavy (non-hydrogen) atoms. The molecule has 114 valence electrons. The molecule has 0 fully saturated rings. The van der Waals surface area contributed by atoms with Crippen molar-refractivity contribution >= 4 is 23.3 Å². The summed E-state index contributed by atoms with van der Waals surface area (Å²) in [6, 6.07) is 6.54. The monoisotopic (exact) mass is 300 g/mol. The van der Waals surface area contributed by atoms with Crippen molar-refractivity contribution in [3.8, 4) is 0 Å². The number of hydrogen-bond donors (Lipinski definition) is 1. The molecule has 1 aliphatic rings. The second kappa shape index (κ2) is 5.22. The Hall–Kier alpha value is -2.76. The van der Waals surface area contributed by atoms with Gasteiger partial charge in [-0.1, -0.05) is 0 Å². The molecule has 0 saturated carbocycles. The number of anilines is 2. The molecule has 2 heterocycles. The Balaban J connectivity index is 2.07. The number of furan rings is 1. The zero-order valence-corrected chi connectivity index (χ0v) is 12.4. The van der Waals surface area contributed by atoms with Crippen LogP contribution in [0.5, 0.6) is 0 Å². The summed E-state index contributed by atoms with van der Waals surface area (Å²) in [5.74, 6) is -0.978. The fourth-order valence-corrected chi connectivity index (χ4v) is 2.61. The second-order valence-corrected chi connectivity index (χ2v) is 5.32. The van der Waals surface area contributed by atoms with E-state index in [1.165, 1.54) is 12.3 Å². The average Bonchev–Trinajstić information content (AvgIpc) is 2.92. The summed E-state index contributed by atoms with van der Waals surface area (Å²) in [6.07, 6.45) is 1.48. The molecular weight excluding hydrogens is 284 g/mol. The average molecular weight is 300 g/mol. The molecule has 6 heteroatoms. The minimum absolute atomic E-state index is 0.156. The van der Waals surface area contributed by atoms with Gasteiger partial charge in [0.2, 0.25) is 0 Å². The lowest BCUT2D eigenvalue weighted by atomic mass is 10.1. The molecule has 0 radical (unpaired) electrons. The van der Waals surface area contributed by atoms with Crippen LogP contribution in [0.25, 0.3) is 0 Å². The van der Waals surface area contributed by atoms with Gasteiger partial charge in [-0.3, -0.25) is 4.79 Å². The Labute approximate surface area is 127 Å². The van der Waals surface area contributed by atoms with Crippen LogP contribution in [0, 0.1) is 6.92 Å². The number of amides is 1. The van der Waals surface area contributed by atoms with Crippen LogP contribution in [0.2, 0.25) is 0 Å². The molecule has 0 bridgehead atoms. The summed E-state index contributed by atoms with van der Waals surface area (Å²) in [7, 11) is 1.92. The topological polar surface area (TPSA) is 74.0 Å². The lowest BCUT2D eigenvalue weighted by Crippen LogP contribution is -2.42. The van der Waals surface area contributed by atoms with E-state index in [0.29, 0.717) is 18.8 Å². The largest absolute Gasteiger partial charge is 0.478 e. The summed E-state index contributed by atoms with van der Waals surface area (Å²) < 4.78 is 5.28. The zero-order chi connectivity index (χ0) is 15.9. The van der Waals surface area contributed by atoms with Crippen LogP contribution >= 0.6 is 0 Å². The Kier molecular flexibility index (Phi) is 3.36. The first kappa shape index (κ1) is 14.2. The third-order valence-corrected chi connectivity index (χ3v) is 3.88. The Morgan fingerprint density at radius 1 is 1.18 bits per heavy atom. The van der Waals surface area contributed by atoms with E-state index in [9.17, 15) is 9.59 Å². The van der Waals surface area contributed by atoms with Crippen LogP contribution in [-0.2, 0) is 0 Å². The summed E-state index contributed by atoms with van der Waals surface area (Å²) in [4.78, 5) is 27.5. The number of carboxylic acid groups (broad SMARTS) is 1. The van der Waals surface area contributed by atoms with E-state index in [-0.39, 0.29) is 17.2 Å². The SMILES string of the molecule is Cc1ccoc1C(=O)N1CCN(C)c2ccc(C(=O)O)cc21. The van der Waals surface area contributed by atoms with Crippen LogP contribution in [0.3, 0.4) is 0 Å². The summed E-state index contributed by atoms with van der Waals surface area (Å²) in [5.41, 5.74) is 2.34. The van der Waals surface area contributed by atoms with Crippen molar-refractivity contribution in [1.82, 2.24) is 0 Å². The van der Waals surface area contributed by atoms with Gasteiger partial charge in [-0.25, -0.2) is 4.79 Å². The van der Waals surface area contributed by atoms with Crippen LogP contribution in [0.1, 0.15) is 26.5 Å². The van der Waals surface area contributed by atoms with Gasteiger partial charge >= 0.3 is 5.97 Å². The number of fused-ring (bicyclic) bond motifs is 1. The summed E-state index contributed by atoms with van der Waals surface area (Å²) in [6.45, 7) is 2.96. The first-order valence-corrected chi connectivity index (χ1v) is 6.93. The van der Waals surface area contributed by atoms with E-state index < -0.39 is 5.97 Å². The number of hydrogen-bond acceptors (Lipinski definition) is 4. The molecule has 1 aliphatic heterocycles. The van der Waals surface area contributed by atoms with Crippen molar-refractivity contribution in [3.63, 3.8) is 0 Å². The first-order chi connectivity index (χ1) is 10.5. The Bertz CT molecular complexity index is 750. The minimum Gasteiger partial charge on any atom is -0.478 e. The minimum atomic E-state index is -1.02. The van der Waals surface area contributed by atoms with Crippen molar-refractivity contribution < 1.29 is 19.1 Å². The van der Waals surface area contributed by atoms with E-state index >= 15 is 0 Å². The molecule has 1 amide bonds. The normalized spacial score (nSPS) is 13.9. The molecule has 0 aliphatic carbocycles. The van der Waals surface area contributed by atoms with Gasteiger partial charge in [0.1, 0.15) is 0 Å². The van der Waals surface area contributed by atoms with Crippen molar-refractivity contribution in [2.24, 2.45) is 0 Å². The molecule has 0 spiro atoms. The van der Waals surface area contributed by atoms with Crippen LogP contribution in [0.4, 0.5) is 11.4 Å². The molecule has 1 N–H and O–H groups in total. The predicted molar refractivity (Wildman–Crippen MR) is 81.8 cm³/mol. The number of carboxylic acids is 1. The maximum atomic E-state index is 12.7. The lowest BCUT2D eigenvalue weighted by molar-refractivity contribution is 0.0696. The van der Waals surface area contributed by atoms with Gasteiger partial charge in [-0.15, -0.1) is 0 Å². The standard InChI is InChI=1S/C16H16N2O4/c1-10-5-8-22-14(10)15(19)18-7-6-17(2)12-4-3-11(16(20)21)9-13(12)18/h3-5,8-9H,6-7H2,1-2H3,(H,20,21). The first-order valence-electron chi connectivity index (χ1n) is 6.93. The summed E-state index contributed by atoms with van der Waals surface area (Å²) >= 11 is 0. The van der Waals surface area contributed by atoms with E-state index in [1.807, 2.05) is 11.9 Å². The fourth-order valence-electron chi connectivity index (χ4n) is 2.61. The molecule has 0 saturated heterocycles. The fraction of sp³-hybridized carbons (Fsp3) is 0.250. The van der Waals surface area contributed by atoms with Gasteiger partial charge in [0.25, 0.3) is 5.91 Å². The molecule has 1 aromatic heterocycles. The van der Waals surface area contributed by atoms with Crippen LogP contribution in [0.15, 0.2) is 34.9 Å². The predicted octanol–water partition coefficient (Wildman–Crippen LogP) is 2.38. The summed E-state index contributed by atoms with van der Waals surface area (Å²) in [5, 5.41) is 9.17. The molecule has 0 atom stereocenters. The highest BCUT2D eigenvalue weighted by atomic mass is 16.4. The number of likely N-dealkylation sites (N-methyl/N-ethyl adjacent to an activating group) is 1. The lowest BCUT2D eigenvalue weighted by Gasteiger charge is -2.35. The maximum Gasteiger partial charge on any atom is 0.335 e.